The minimum atomic E-state index is 0.115. The van der Waals surface area contributed by atoms with E-state index in [1.165, 1.54) is 5.57 Å². The lowest BCUT2D eigenvalue weighted by molar-refractivity contribution is 0.354. The number of nitrogens with zero attached hydrogens (tertiary/aromatic N) is 1. The lowest BCUT2D eigenvalue weighted by Gasteiger charge is -2.21. The van der Waals surface area contributed by atoms with Gasteiger partial charge in [-0.3, -0.25) is 0 Å². The highest BCUT2D eigenvalue weighted by Gasteiger charge is 2.21. The Morgan fingerprint density at radius 2 is 2.26 bits per heavy atom. The number of phenols is 1. The van der Waals surface area contributed by atoms with Crippen LogP contribution in [-0.4, -0.2) is 43.7 Å². The minimum absolute atomic E-state index is 0.115. The number of likely N-dealkylation sites (N-methyl/N-ethyl adjacent to an activating group) is 2. The van der Waals surface area contributed by atoms with Gasteiger partial charge in [0.2, 0.25) is 0 Å². The van der Waals surface area contributed by atoms with Gasteiger partial charge in [-0.25, -0.2) is 5.43 Å². The molecule has 1 aromatic rings. The van der Waals surface area contributed by atoms with Gasteiger partial charge < -0.3 is 20.7 Å². The van der Waals surface area contributed by atoms with E-state index in [1.807, 2.05) is 25.4 Å². The van der Waals surface area contributed by atoms with Gasteiger partial charge >= 0.3 is 0 Å². The Morgan fingerprint density at radius 3 is 3.00 bits per heavy atom. The summed E-state index contributed by atoms with van der Waals surface area (Å²) >= 11 is 0. The number of hydrogen-bond acceptors (Lipinski definition) is 5. The molecule has 104 valence electrons. The number of hydrazine groups is 1. The lowest BCUT2D eigenvalue weighted by atomic mass is 10.0. The van der Waals surface area contributed by atoms with Crippen LogP contribution in [0.25, 0.3) is 0 Å². The SMILES string of the molecule is CNCCN(C)CC1=CNNC1c1cccc(O)c1. The summed E-state index contributed by atoms with van der Waals surface area (Å²) in [5.41, 5.74) is 8.62. The first kappa shape index (κ1) is 13.9. The van der Waals surface area contributed by atoms with Gasteiger partial charge in [-0.05, 0) is 37.4 Å². The fraction of sp³-hybridized carbons (Fsp3) is 0.429. The summed E-state index contributed by atoms with van der Waals surface area (Å²) in [6.45, 7) is 2.87. The topological polar surface area (TPSA) is 59.6 Å². The quantitative estimate of drug-likeness (QED) is 0.604. The van der Waals surface area contributed by atoms with Gasteiger partial charge in [0.25, 0.3) is 0 Å². The van der Waals surface area contributed by atoms with Crippen molar-refractivity contribution in [2.24, 2.45) is 0 Å². The molecule has 0 aromatic heterocycles. The van der Waals surface area contributed by atoms with Crippen LogP contribution in [-0.2, 0) is 0 Å². The van der Waals surface area contributed by atoms with E-state index in [0.29, 0.717) is 5.75 Å². The number of hydrogen-bond donors (Lipinski definition) is 4. The summed E-state index contributed by atoms with van der Waals surface area (Å²) in [5, 5.41) is 12.7. The van der Waals surface area contributed by atoms with Gasteiger partial charge in [-0.15, -0.1) is 0 Å². The van der Waals surface area contributed by atoms with Gasteiger partial charge in [0.05, 0.1) is 6.04 Å². The van der Waals surface area contributed by atoms with E-state index >= 15 is 0 Å². The van der Waals surface area contributed by atoms with E-state index in [-0.39, 0.29) is 6.04 Å². The summed E-state index contributed by atoms with van der Waals surface area (Å²) in [4.78, 5) is 2.27. The third-order valence-corrected chi connectivity index (χ3v) is 3.26. The van der Waals surface area contributed by atoms with Gasteiger partial charge in [0.15, 0.2) is 0 Å². The van der Waals surface area contributed by atoms with Gasteiger partial charge in [0.1, 0.15) is 5.75 Å². The third-order valence-electron chi connectivity index (χ3n) is 3.26. The Kier molecular flexibility index (Phi) is 4.79. The average Bonchev–Trinajstić information content (AvgIpc) is 2.84. The molecule has 0 fully saturated rings. The van der Waals surface area contributed by atoms with Gasteiger partial charge in [-0.2, -0.15) is 0 Å². The summed E-state index contributed by atoms with van der Waals surface area (Å²) in [6, 6.07) is 7.49. The van der Waals surface area contributed by atoms with Crippen molar-refractivity contribution in [3.63, 3.8) is 0 Å². The first-order valence-corrected chi connectivity index (χ1v) is 6.53. The molecule has 0 aliphatic carbocycles. The fourth-order valence-corrected chi connectivity index (χ4v) is 2.23. The molecule has 1 aliphatic rings. The smallest absolute Gasteiger partial charge is 0.115 e. The van der Waals surface area contributed by atoms with Crippen LogP contribution in [0.4, 0.5) is 0 Å². The second kappa shape index (κ2) is 6.56. The standard InChI is InChI=1S/C14H22N4O/c1-15-6-7-18(2)10-12-9-16-17-14(12)11-4-3-5-13(19)8-11/h3-5,8-9,14-17,19H,6-7,10H2,1-2H3. The van der Waals surface area contributed by atoms with E-state index in [9.17, 15) is 5.11 Å². The first-order valence-electron chi connectivity index (χ1n) is 6.53. The Balaban J connectivity index is 2.00. The van der Waals surface area contributed by atoms with E-state index in [4.69, 9.17) is 0 Å². The lowest BCUT2D eigenvalue weighted by Crippen LogP contribution is -2.31. The van der Waals surface area contributed by atoms with Gasteiger partial charge in [-0.1, -0.05) is 12.1 Å². The molecular formula is C14H22N4O. The van der Waals surface area contributed by atoms with Crippen molar-refractivity contribution in [1.82, 2.24) is 21.1 Å². The molecule has 1 aromatic carbocycles. The maximum atomic E-state index is 9.57. The zero-order chi connectivity index (χ0) is 13.7. The van der Waals surface area contributed by atoms with Crippen molar-refractivity contribution < 1.29 is 5.11 Å². The molecule has 0 saturated heterocycles. The molecule has 5 nitrogen and oxygen atoms in total. The minimum Gasteiger partial charge on any atom is -0.508 e. The largest absolute Gasteiger partial charge is 0.508 e. The third kappa shape index (κ3) is 3.70. The number of aromatic hydroxyl groups is 1. The van der Waals surface area contributed by atoms with E-state index in [0.717, 1.165) is 25.2 Å². The number of benzene rings is 1. The molecule has 1 unspecified atom stereocenters. The number of phenolic OH excluding ortho intramolecular Hbond substituents is 1. The van der Waals surface area contributed by atoms with E-state index in [1.54, 1.807) is 12.1 Å². The van der Waals surface area contributed by atoms with Crippen molar-refractivity contribution >= 4 is 0 Å². The van der Waals surface area contributed by atoms with Crippen LogP contribution in [0.5, 0.6) is 5.75 Å². The fourth-order valence-electron chi connectivity index (χ4n) is 2.23. The van der Waals surface area contributed by atoms with Crippen LogP contribution in [0.15, 0.2) is 36.0 Å². The predicted molar refractivity (Wildman–Crippen MR) is 76.6 cm³/mol. The molecular weight excluding hydrogens is 240 g/mol. The molecule has 4 N–H and O–H groups in total. The summed E-state index contributed by atoms with van der Waals surface area (Å²) < 4.78 is 0. The molecule has 1 atom stereocenters. The van der Waals surface area contributed by atoms with Crippen LogP contribution in [0.2, 0.25) is 0 Å². The molecule has 2 rings (SSSR count). The highest BCUT2D eigenvalue weighted by Crippen LogP contribution is 2.26. The van der Waals surface area contributed by atoms with Crippen LogP contribution in [0.1, 0.15) is 11.6 Å². The number of rotatable bonds is 6. The van der Waals surface area contributed by atoms with Crippen molar-refractivity contribution in [2.75, 3.05) is 33.7 Å². The van der Waals surface area contributed by atoms with Crippen LogP contribution >= 0.6 is 0 Å². The van der Waals surface area contributed by atoms with Crippen LogP contribution < -0.4 is 16.2 Å². The highest BCUT2D eigenvalue weighted by atomic mass is 16.3. The maximum absolute atomic E-state index is 9.57. The average molecular weight is 262 g/mol. The molecule has 1 heterocycles. The van der Waals surface area contributed by atoms with Crippen molar-refractivity contribution in [1.29, 1.82) is 0 Å². The summed E-state index contributed by atoms with van der Waals surface area (Å²) in [7, 11) is 4.07. The number of nitrogens with one attached hydrogen (secondary N) is 3. The van der Waals surface area contributed by atoms with Crippen LogP contribution in [0, 0.1) is 0 Å². The zero-order valence-electron chi connectivity index (χ0n) is 11.5. The maximum Gasteiger partial charge on any atom is 0.115 e. The normalized spacial score (nSPS) is 18.5. The molecule has 0 amide bonds. The summed E-state index contributed by atoms with van der Waals surface area (Å²) in [5.74, 6) is 0.300. The molecule has 0 radical (unpaired) electrons. The van der Waals surface area contributed by atoms with Gasteiger partial charge in [0, 0.05) is 25.8 Å². The Labute approximate surface area is 114 Å². The molecule has 19 heavy (non-hydrogen) atoms. The molecule has 0 bridgehead atoms. The molecule has 5 heteroatoms. The van der Waals surface area contributed by atoms with E-state index in [2.05, 4.69) is 28.1 Å². The zero-order valence-corrected chi connectivity index (χ0v) is 11.5. The Morgan fingerprint density at radius 1 is 1.42 bits per heavy atom. The summed E-state index contributed by atoms with van der Waals surface area (Å²) in [6.07, 6.45) is 2.00. The molecule has 1 aliphatic heterocycles. The molecule has 0 saturated carbocycles. The first-order chi connectivity index (χ1) is 9.20. The highest BCUT2D eigenvalue weighted by molar-refractivity contribution is 5.35. The van der Waals surface area contributed by atoms with Crippen LogP contribution in [0.3, 0.4) is 0 Å². The van der Waals surface area contributed by atoms with E-state index < -0.39 is 0 Å². The Hall–Kier alpha value is -1.56. The van der Waals surface area contributed by atoms with Crippen molar-refractivity contribution in [3.8, 4) is 5.75 Å². The monoisotopic (exact) mass is 262 g/mol. The molecule has 0 spiro atoms. The Bertz CT molecular complexity index is 447. The van der Waals surface area contributed by atoms with Crippen molar-refractivity contribution in [3.05, 3.63) is 41.6 Å². The van der Waals surface area contributed by atoms with Crippen molar-refractivity contribution in [2.45, 2.75) is 6.04 Å². The predicted octanol–water partition coefficient (Wildman–Crippen LogP) is 0.576. The second-order valence-corrected chi connectivity index (χ2v) is 4.88. The second-order valence-electron chi connectivity index (χ2n) is 4.88.